The van der Waals surface area contributed by atoms with Crippen LogP contribution < -0.4 is 9.47 Å². The maximum Gasteiger partial charge on any atom is 0.185 e. The monoisotopic (exact) mass is 352 g/mol. The van der Waals surface area contributed by atoms with E-state index < -0.39 is 0 Å². The lowest BCUT2D eigenvalue weighted by Gasteiger charge is -2.16. The van der Waals surface area contributed by atoms with Gasteiger partial charge >= 0.3 is 0 Å². The molecule has 26 heavy (non-hydrogen) atoms. The minimum absolute atomic E-state index is 0.125. The second kappa shape index (κ2) is 9.47. The number of allylic oxidation sites excluding steroid dienone is 2. The van der Waals surface area contributed by atoms with Crippen LogP contribution >= 0.6 is 0 Å². The summed E-state index contributed by atoms with van der Waals surface area (Å²) in [6, 6.07) is 9.99. The molecular weight excluding hydrogens is 328 g/mol. The third-order valence-electron chi connectivity index (χ3n) is 3.74. The molecule has 0 aliphatic carbocycles. The highest BCUT2D eigenvalue weighted by molar-refractivity contribution is 6.07. The molecule has 2 aromatic rings. The first-order valence-corrected chi connectivity index (χ1v) is 8.64. The molecule has 4 nitrogen and oxygen atoms in total. The van der Waals surface area contributed by atoms with E-state index in [0.717, 1.165) is 11.1 Å². The van der Waals surface area contributed by atoms with Crippen molar-refractivity contribution in [2.24, 2.45) is 0 Å². The van der Waals surface area contributed by atoms with Crippen molar-refractivity contribution >= 4 is 11.9 Å². The number of ether oxygens (including phenoxy) is 2. The van der Waals surface area contributed by atoms with Crippen LogP contribution in [0.25, 0.3) is 6.08 Å². The molecule has 4 heteroatoms. The normalized spacial score (nSPS) is 10.7. The number of phenols is 1. The maximum atomic E-state index is 12.4. The highest BCUT2D eigenvalue weighted by Crippen LogP contribution is 2.34. The number of rotatable bonds is 9. The van der Waals surface area contributed by atoms with Gasteiger partial charge in [0.05, 0.1) is 18.8 Å². The van der Waals surface area contributed by atoms with Crippen LogP contribution in [0.5, 0.6) is 17.2 Å². The van der Waals surface area contributed by atoms with Crippen molar-refractivity contribution < 1.29 is 19.4 Å². The van der Waals surface area contributed by atoms with Crippen molar-refractivity contribution in [3.8, 4) is 17.2 Å². The molecule has 2 rings (SSSR count). The van der Waals surface area contributed by atoms with E-state index >= 15 is 0 Å². The number of hydrogen-bond acceptors (Lipinski definition) is 4. The molecule has 0 aromatic heterocycles. The highest BCUT2D eigenvalue weighted by Gasteiger charge is 2.14. The molecule has 0 saturated heterocycles. The summed E-state index contributed by atoms with van der Waals surface area (Å²) < 4.78 is 11.5. The van der Waals surface area contributed by atoms with Crippen LogP contribution in [0.1, 0.15) is 35.3 Å². The number of aromatic hydroxyl groups is 1. The molecule has 1 N–H and O–H groups in total. The van der Waals surface area contributed by atoms with Gasteiger partial charge in [-0.05, 0) is 68.3 Å². The third-order valence-corrected chi connectivity index (χ3v) is 3.74. The predicted molar refractivity (Wildman–Crippen MR) is 104 cm³/mol. The number of phenolic OH excluding ortho intramolecular Hbond substituents is 1. The van der Waals surface area contributed by atoms with Crippen molar-refractivity contribution in [1.82, 2.24) is 0 Å². The van der Waals surface area contributed by atoms with Crippen LogP contribution in [0.3, 0.4) is 0 Å². The molecule has 0 saturated carbocycles. The van der Waals surface area contributed by atoms with E-state index in [1.165, 1.54) is 18.2 Å². The number of carbonyl (C=O) groups is 1. The summed E-state index contributed by atoms with van der Waals surface area (Å²) in [5.41, 5.74) is 2.22. The average Bonchev–Trinajstić information content (AvgIpc) is 2.64. The van der Waals surface area contributed by atoms with Gasteiger partial charge in [-0.2, -0.15) is 0 Å². The van der Waals surface area contributed by atoms with Gasteiger partial charge in [0, 0.05) is 5.56 Å². The summed E-state index contributed by atoms with van der Waals surface area (Å²) >= 11 is 0. The van der Waals surface area contributed by atoms with E-state index in [4.69, 9.17) is 9.47 Å². The van der Waals surface area contributed by atoms with Gasteiger partial charge in [0.25, 0.3) is 0 Å². The summed E-state index contributed by atoms with van der Waals surface area (Å²) in [6.07, 6.45) is 5.68. The Bertz CT molecular complexity index is 789. The first kappa shape index (κ1) is 19.3. The minimum Gasteiger partial charge on any atom is -0.508 e. The van der Waals surface area contributed by atoms with Crippen molar-refractivity contribution in [2.45, 2.75) is 20.3 Å². The van der Waals surface area contributed by atoms with Gasteiger partial charge in [0.15, 0.2) is 5.78 Å². The molecule has 0 fully saturated rings. The maximum absolute atomic E-state index is 12.4. The van der Waals surface area contributed by atoms with Gasteiger partial charge in [-0.3, -0.25) is 4.79 Å². The van der Waals surface area contributed by atoms with Crippen molar-refractivity contribution in [1.29, 1.82) is 0 Å². The second-order valence-corrected chi connectivity index (χ2v) is 5.57. The smallest absolute Gasteiger partial charge is 0.185 e. The fraction of sp³-hybridized carbons (Fsp3) is 0.227. The third kappa shape index (κ3) is 4.76. The Kier molecular flexibility index (Phi) is 7.03. The van der Waals surface area contributed by atoms with Crippen molar-refractivity contribution in [3.05, 3.63) is 71.8 Å². The summed E-state index contributed by atoms with van der Waals surface area (Å²) in [6.45, 7) is 8.63. The molecular formula is C22H24O4. The Hall–Kier alpha value is -3.01. The molecule has 2 aromatic carbocycles. The standard InChI is InChI=1S/C22H24O4/c1-4-7-17-10-15-21(25-5-2)19(22(17)26-6-3)13-14-20(24)16-8-11-18(23)12-9-16/h4,8-15,23H,1,5-7H2,2-3H3. The molecule has 0 atom stereocenters. The average molecular weight is 352 g/mol. The van der Waals surface area contributed by atoms with Gasteiger partial charge < -0.3 is 14.6 Å². The van der Waals surface area contributed by atoms with Crippen LogP contribution in [-0.4, -0.2) is 24.1 Å². The molecule has 0 spiro atoms. The van der Waals surface area contributed by atoms with Crippen LogP contribution in [0, 0.1) is 0 Å². The summed E-state index contributed by atoms with van der Waals surface area (Å²) in [5.74, 6) is 1.33. The fourth-order valence-electron chi connectivity index (χ4n) is 2.58. The van der Waals surface area contributed by atoms with Gasteiger partial charge in [0.2, 0.25) is 0 Å². The van der Waals surface area contributed by atoms with E-state index in [0.29, 0.717) is 36.7 Å². The molecule has 0 aliphatic rings. The van der Waals surface area contributed by atoms with Crippen LogP contribution in [-0.2, 0) is 6.42 Å². The Morgan fingerprint density at radius 2 is 1.77 bits per heavy atom. The zero-order chi connectivity index (χ0) is 18.9. The first-order chi connectivity index (χ1) is 12.6. The lowest BCUT2D eigenvalue weighted by atomic mass is 10.0. The topological polar surface area (TPSA) is 55.8 Å². The molecule has 0 radical (unpaired) electrons. The molecule has 0 amide bonds. The van der Waals surface area contributed by atoms with Crippen molar-refractivity contribution in [2.75, 3.05) is 13.2 Å². The second-order valence-electron chi connectivity index (χ2n) is 5.57. The number of ketones is 1. The summed E-state index contributed by atoms with van der Waals surface area (Å²) in [5, 5.41) is 9.35. The molecule has 0 bridgehead atoms. The Labute approximate surface area is 154 Å². The van der Waals surface area contributed by atoms with Gasteiger partial charge in [0.1, 0.15) is 17.2 Å². The first-order valence-electron chi connectivity index (χ1n) is 8.64. The van der Waals surface area contributed by atoms with Gasteiger partial charge in [-0.25, -0.2) is 0 Å². The minimum atomic E-state index is -0.163. The number of carbonyl (C=O) groups excluding carboxylic acids is 1. The van der Waals surface area contributed by atoms with Crippen LogP contribution in [0.4, 0.5) is 0 Å². The quantitative estimate of drug-likeness (QED) is 0.399. The lowest BCUT2D eigenvalue weighted by molar-refractivity contribution is 0.104. The zero-order valence-corrected chi connectivity index (χ0v) is 15.2. The van der Waals surface area contributed by atoms with E-state index in [1.807, 2.05) is 32.1 Å². The van der Waals surface area contributed by atoms with E-state index in [9.17, 15) is 9.90 Å². The van der Waals surface area contributed by atoms with Crippen LogP contribution in [0.2, 0.25) is 0 Å². The SMILES string of the molecule is C=CCc1ccc(OCC)c(C=CC(=O)c2ccc(O)cc2)c1OCC. The predicted octanol–water partition coefficient (Wildman–Crippen LogP) is 4.81. The number of hydrogen-bond donors (Lipinski definition) is 1. The van der Waals surface area contributed by atoms with E-state index in [-0.39, 0.29) is 11.5 Å². The largest absolute Gasteiger partial charge is 0.508 e. The highest BCUT2D eigenvalue weighted by atomic mass is 16.5. The molecule has 0 unspecified atom stereocenters. The van der Waals surface area contributed by atoms with E-state index in [2.05, 4.69) is 6.58 Å². The Morgan fingerprint density at radius 1 is 1.08 bits per heavy atom. The van der Waals surface area contributed by atoms with Gasteiger partial charge in [-0.15, -0.1) is 6.58 Å². The number of benzene rings is 2. The molecule has 0 aliphatic heterocycles. The Balaban J connectivity index is 2.43. The van der Waals surface area contributed by atoms with E-state index in [1.54, 1.807) is 18.2 Å². The summed E-state index contributed by atoms with van der Waals surface area (Å²) in [4.78, 5) is 12.4. The molecule has 0 heterocycles. The zero-order valence-electron chi connectivity index (χ0n) is 15.2. The fourth-order valence-corrected chi connectivity index (χ4v) is 2.58. The van der Waals surface area contributed by atoms with Crippen molar-refractivity contribution in [3.63, 3.8) is 0 Å². The Morgan fingerprint density at radius 3 is 2.38 bits per heavy atom. The lowest BCUT2D eigenvalue weighted by Crippen LogP contribution is -2.03. The van der Waals surface area contributed by atoms with Gasteiger partial charge in [-0.1, -0.05) is 12.1 Å². The molecule has 136 valence electrons. The summed E-state index contributed by atoms with van der Waals surface area (Å²) in [7, 11) is 0. The van der Waals surface area contributed by atoms with Crippen LogP contribution in [0.15, 0.2) is 55.1 Å².